The third kappa shape index (κ3) is 9.19. The molecule has 58 heavy (non-hydrogen) atoms. The minimum atomic E-state index is -5.33. The second-order valence-corrected chi connectivity index (χ2v) is 19.6. The summed E-state index contributed by atoms with van der Waals surface area (Å²) in [5.74, 6) is -1.49. The molecule has 0 spiro atoms. The maximum absolute atomic E-state index is 12.6. The standard InChI is InChI=1S/C39H66O17S.Na/c1-18(20(3)15-52-35-33(31(26(44)17-53-35)56-57(48,49)50)55-36-32(51-6)30(46)25(43)16-54-36)7-8-19(2)21-13-23(41)34-37(21,4)12-10-27-38(5)11-9-22(40)29(45)28(38)24(42)14-39(27,34)47;/h7-8,18-36,40-47H,9-17H2,1-6H3,(H,48,49,50);/q;+1/p-1/b8-7+;/t18-,19?,20-,21?,22?,23?,24?,25-,26-,27?,28?,29?,30?,31?,32?,33?,34?,35?,36+,37-,38-,39?;/m1./s1. The molecule has 2 heterocycles. The summed E-state index contributed by atoms with van der Waals surface area (Å²) in [6, 6.07) is 0. The Morgan fingerprint density at radius 3 is 2.10 bits per heavy atom. The molecule has 19 heteroatoms. The molecule has 6 aliphatic rings. The molecule has 6 rings (SSSR count). The van der Waals surface area contributed by atoms with Crippen LogP contribution < -0.4 is 29.6 Å². The predicted octanol–water partition coefficient (Wildman–Crippen LogP) is -3.44. The number of rotatable bonds is 12. The van der Waals surface area contributed by atoms with E-state index in [1.165, 1.54) is 7.11 Å². The number of aliphatic hydroxyl groups excluding tert-OH is 7. The third-order valence-corrected chi connectivity index (χ3v) is 15.7. The molecule has 6 fully saturated rings. The van der Waals surface area contributed by atoms with E-state index in [4.69, 9.17) is 23.7 Å². The minimum absolute atomic E-state index is 0. The van der Waals surface area contributed by atoms with E-state index in [0.717, 1.165) is 6.42 Å². The summed E-state index contributed by atoms with van der Waals surface area (Å²) < 4.78 is 68.1. The molecule has 8 N–H and O–H groups in total. The van der Waals surface area contributed by atoms with E-state index in [2.05, 4.69) is 30.2 Å². The number of aliphatic hydroxyl groups is 8. The van der Waals surface area contributed by atoms with Crippen molar-refractivity contribution in [3.63, 3.8) is 0 Å². The third-order valence-electron chi connectivity index (χ3n) is 15.2. The van der Waals surface area contributed by atoms with E-state index >= 15 is 0 Å². The van der Waals surface area contributed by atoms with Crippen LogP contribution in [-0.2, 0) is 38.3 Å². The molecule has 2 aliphatic heterocycles. The fourth-order valence-corrected chi connectivity index (χ4v) is 12.6. The number of allylic oxidation sites excluding steroid dienone is 2. The van der Waals surface area contributed by atoms with E-state index in [9.17, 15) is 53.8 Å². The van der Waals surface area contributed by atoms with Gasteiger partial charge in [-0.15, -0.1) is 0 Å². The van der Waals surface area contributed by atoms with Crippen LogP contribution >= 0.6 is 0 Å². The molecule has 2 saturated heterocycles. The average molecular weight is 861 g/mol. The van der Waals surface area contributed by atoms with Crippen LogP contribution in [0.4, 0.5) is 0 Å². The van der Waals surface area contributed by atoms with Crippen molar-refractivity contribution in [1.29, 1.82) is 0 Å². The Kier molecular flexibility index (Phi) is 15.8. The van der Waals surface area contributed by atoms with Gasteiger partial charge in [-0.2, -0.15) is 0 Å². The summed E-state index contributed by atoms with van der Waals surface area (Å²) in [4.78, 5) is 0. The van der Waals surface area contributed by atoms with E-state index in [-0.39, 0.29) is 78.8 Å². The number of fused-ring (bicyclic) bond motifs is 5. The van der Waals surface area contributed by atoms with E-state index in [1.54, 1.807) is 0 Å². The molecular formula is C39H65NaO17S. The van der Waals surface area contributed by atoms with Gasteiger partial charge in [0.05, 0.1) is 49.8 Å². The molecule has 0 bridgehead atoms. The fourth-order valence-electron chi connectivity index (χ4n) is 12.1. The van der Waals surface area contributed by atoms with Crippen molar-refractivity contribution in [2.75, 3.05) is 26.9 Å². The molecule has 4 aliphatic carbocycles. The number of hydrogen-bond acceptors (Lipinski definition) is 17. The van der Waals surface area contributed by atoms with Crippen LogP contribution in [-0.4, -0.2) is 160 Å². The molecule has 330 valence electrons. The maximum atomic E-state index is 12.6. The van der Waals surface area contributed by atoms with E-state index in [0.29, 0.717) is 25.7 Å². The van der Waals surface area contributed by atoms with Crippen LogP contribution in [0.15, 0.2) is 12.2 Å². The number of ether oxygens (including phenoxy) is 5. The molecule has 0 radical (unpaired) electrons. The fraction of sp³-hybridized carbons (Fsp3) is 0.949. The zero-order chi connectivity index (χ0) is 42.0. The molecule has 22 atom stereocenters. The minimum Gasteiger partial charge on any atom is -0.726 e. The summed E-state index contributed by atoms with van der Waals surface area (Å²) >= 11 is 0. The van der Waals surface area contributed by atoms with Gasteiger partial charge in [-0.05, 0) is 72.5 Å². The smallest absolute Gasteiger partial charge is 0.726 e. The Morgan fingerprint density at radius 1 is 0.810 bits per heavy atom. The van der Waals surface area contributed by atoms with Gasteiger partial charge in [0.1, 0.15) is 36.6 Å². The van der Waals surface area contributed by atoms with Gasteiger partial charge in [-0.3, -0.25) is 4.18 Å². The Labute approximate surface area is 363 Å². The molecule has 0 aromatic rings. The zero-order valence-electron chi connectivity index (χ0n) is 34.6. The van der Waals surface area contributed by atoms with Gasteiger partial charge in [-0.25, -0.2) is 8.42 Å². The Hall–Kier alpha value is 0.0900. The second-order valence-electron chi connectivity index (χ2n) is 18.6. The van der Waals surface area contributed by atoms with Crippen molar-refractivity contribution in [2.45, 2.75) is 152 Å². The van der Waals surface area contributed by atoms with Crippen molar-refractivity contribution < 1.29 is 111 Å². The molecule has 0 aromatic carbocycles. The van der Waals surface area contributed by atoms with Gasteiger partial charge in [0.2, 0.25) is 10.4 Å². The summed E-state index contributed by atoms with van der Waals surface area (Å²) in [6.07, 6.45) is -8.32. The van der Waals surface area contributed by atoms with Crippen molar-refractivity contribution in [3.05, 3.63) is 12.2 Å². The van der Waals surface area contributed by atoms with Crippen LogP contribution in [0.1, 0.15) is 73.1 Å². The molecule has 0 aromatic heterocycles. The van der Waals surface area contributed by atoms with Gasteiger partial charge in [0, 0.05) is 25.4 Å². The van der Waals surface area contributed by atoms with Crippen molar-refractivity contribution in [3.8, 4) is 0 Å². The van der Waals surface area contributed by atoms with Crippen molar-refractivity contribution in [1.82, 2.24) is 0 Å². The topological polar surface area (TPSA) is 274 Å². The molecule has 0 amide bonds. The summed E-state index contributed by atoms with van der Waals surface area (Å²) in [5, 5.41) is 88.2. The first-order chi connectivity index (χ1) is 26.6. The van der Waals surface area contributed by atoms with E-state index in [1.807, 2.05) is 20.8 Å². The van der Waals surface area contributed by atoms with Crippen LogP contribution in [0.2, 0.25) is 0 Å². The van der Waals surface area contributed by atoms with Crippen LogP contribution in [0.25, 0.3) is 0 Å². The SMILES string of the molecule is COC1C(O)[C@H](O)CO[C@H]1OC1C(OC[C@@H](C)[C@H](C)/C=C/C(C)C2CC(O)C3C4(O)CC(O)C5C(O)C(O)CC[C@]5(C)C4CC[C@]23C)OC[C@@H](O)C1OS(=O)(=O)[O-].[Na+]. The summed E-state index contributed by atoms with van der Waals surface area (Å²) in [6.45, 7) is 9.45. The predicted molar refractivity (Wildman–Crippen MR) is 197 cm³/mol. The monoisotopic (exact) mass is 860 g/mol. The Balaban J connectivity index is 0.00000641. The maximum Gasteiger partial charge on any atom is 1.00 e. The van der Waals surface area contributed by atoms with Crippen LogP contribution in [0.5, 0.6) is 0 Å². The molecule has 15 unspecified atom stereocenters. The summed E-state index contributed by atoms with van der Waals surface area (Å²) in [7, 11) is -4.08. The molecular weight excluding hydrogens is 795 g/mol. The first-order valence-electron chi connectivity index (χ1n) is 20.4. The van der Waals surface area contributed by atoms with Crippen molar-refractivity contribution >= 4 is 10.4 Å². The van der Waals surface area contributed by atoms with Gasteiger partial charge in [-0.1, -0.05) is 46.8 Å². The first-order valence-corrected chi connectivity index (χ1v) is 21.7. The largest absolute Gasteiger partial charge is 1.00 e. The van der Waals surface area contributed by atoms with Gasteiger partial charge < -0.3 is 69.1 Å². The van der Waals surface area contributed by atoms with E-state index < -0.39 is 119 Å². The Bertz CT molecular complexity index is 1530. The molecule has 4 saturated carbocycles. The number of methoxy groups -OCH3 is 1. The first kappa shape index (κ1) is 49.1. The average Bonchev–Trinajstić information content (AvgIpc) is 3.41. The number of hydrogen-bond donors (Lipinski definition) is 8. The van der Waals surface area contributed by atoms with Gasteiger partial charge in [0.25, 0.3) is 0 Å². The van der Waals surface area contributed by atoms with Crippen LogP contribution in [0, 0.1) is 52.3 Å². The van der Waals surface area contributed by atoms with Crippen LogP contribution in [0.3, 0.4) is 0 Å². The van der Waals surface area contributed by atoms with Gasteiger partial charge >= 0.3 is 29.6 Å². The Morgan fingerprint density at radius 2 is 1.45 bits per heavy atom. The second kappa shape index (κ2) is 18.7. The normalized spacial score (nSPS) is 49.9. The molecule has 17 nitrogen and oxygen atoms in total. The van der Waals surface area contributed by atoms with Crippen molar-refractivity contribution in [2.24, 2.45) is 52.3 Å². The quantitative estimate of drug-likeness (QED) is 0.0410. The van der Waals surface area contributed by atoms with Gasteiger partial charge in [0.15, 0.2) is 12.6 Å². The summed E-state index contributed by atoms with van der Waals surface area (Å²) in [5.41, 5.74) is -2.37. The zero-order valence-corrected chi connectivity index (χ0v) is 37.5.